The second-order valence-electron chi connectivity index (χ2n) is 8.37. The first-order valence-corrected chi connectivity index (χ1v) is 11.2. The van der Waals surface area contributed by atoms with Crippen molar-refractivity contribution in [3.8, 4) is 11.8 Å². The van der Waals surface area contributed by atoms with Crippen LogP contribution in [0.5, 0.6) is 0 Å². The molecule has 34 heavy (non-hydrogen) atoms. The molecule has 0 atom stereocenters. The van der Waals surface area contributed by atoms with Crippen LogP contribution in [0.15, 0.2) is 64.4 Å². The number of carbonyl (C=O) groups is 1. The van der Waals surface area contributed by atoms with Gasteiger partial charge in [0, 0.05) is 12.1 Å². The minimum Gasteiger partial charge on any atom is -0.317 e. The van der Waals surface area contributed by atoms with Crippen molar-refractivity contribution in [3.63, 3.8) is 0 Å². The first-order valence-electron chi connectivity index (χ1n) is 10.8. The molecule has 2 aromatic heterocycles. The van der Waals surface area contributed by atoms with E-state index >= 15 is 0 Å². The van der Waals surface area contributed by atoms with Crippen LogP contribution >= 0.6 is 11.6 Å². The third-order valence-corrected chi connectivity index (χ3v) is 5.89. The van der Waals surface area contributed by atoms with Gasteiger partial charge in [0.15, 0.2) is 16.9 Å². The maximum Gasteiger partial charge on any atom is 0.337 e. The monoisotopic (exact) mass is 475 g/mol. The Morgan fingerprint density at radius 3 is 2.47 bits per heavy atom. The zero-order valence-electron chi connectivity index (χ0n) is 18.7. The Morgan fingerprint density at radius 2 is 1.82 bits per heavy atom. The number of halogens is 1. The molecule has 0 amide bonds. The summed E-state index contributed by atoms with van der Waals surface area (Å²) in [6.45, 7) is 4.10. The number of aromatic nitrogens is 4. The van der Waals surface area contributed by atoms with Crippen LogP contribution in [0.3, 0.4) is 0 Å². The number of imidazole rings is 1. The molecule has 9 heteroatoms. The first-order chi connectivity index (χ1) is 16.3. The molecule has 0 N–H and O–H groups in total. The van der Waals surface area contributed by atoms with Gasteiger partial charge in [-0.3, -0.25) is 14.2 Å². The van der Waals surface area contributed by atoms with Crippen LogP contribution in [0.4, 0.5) is 0 Å². The molecule has 0 aliphatic heterocycles. The number of benzene rings is 2. The van der Waals surface area contributed by atoms with E-state index in [2.05, 4.69) is 4.98 Å². The van der Waals surface area contributed by atoms with Crippen LogP contribution in [0.25, 0.3) is 16.9 Å². The summed E-state index contributed by atoms with van der Waals surface area (Å²) in [5.74, 6) is 0.0195. The zero-order chi connectivity index (χ0) is 24.4. The van der Waals surface area contributed by atoms with Crippen molar-refractivity contribution in [1.29, 1.82) is 5.26 Å². The highest BCUT2D eigenvalue weighted by Gasteiger charge is 2.21. The largest absolute Gasteiger partial charge is 0.337 e. The Labute approximate surface area is 200 Å². The summed E-state index contributed by atoms with van der Waals surface area (Å²) in [4.78, 5) is 44.1. The number of ketones is 1. The number of carbonyl (C=O) groups excluding carboxylic acids is 1. The highest BCUT2D eigenvalue weighted by Crippen LogP contribution is 2.21. The predicted molar refractivity (Wildman–Crippen MR) is 130 cm³/mol. The fraction of sp³-hybridized carbons (Fsp3) is 0.240. The zero-order valence-corrected chi connectivity index (χ0v) is 19.5. The van der Waals surface area contributed by atoms with E-state index in [0.29, 0.717) is 28.3 Å². The lowest BCUT2D eigenvalue weighted by Crippen LogP contribution is -2.40. The van der Waals surface area contributed by atoms with Crippen LogP contribution in [-0.2, 0) is 13.1 Å². The van der Waals surface area contributed by atoms with Gasteiger partial charge in [0.05, 0.1) is 35.2 Å². The van der Waals surface area contributed by atoms with Crippen molar-refractivity contribution in [2.45, 2.75) is 33.4 Å². The van der Waals surface area contributed by atoms with Gasteiger partial charge < -0.3 is 4.57 Å². The first kappa shape index (κ1) is 23.2. The Kier molecular flexibility index (Phi) is 6.48. The standard InChI is InChI=1S/C25H22ClN5O3/c1-16(2)11-12-30-24(33)22-23(31(25(30)34)20-6-4-3-5-19(20)26)28-15-29(22)14-21(32)18-9-7-17(13-27)8-10-18/h3-10,15-16H,11-12,14H2,1-2H3. The van der Waals surface area contributed by atoms with Crippen LogP contribution in [0.2, 0.25) is 5.02 Å². The van der Waals surface area contributed by atoms with Crippen molar-refractivity contribution in [1.82, 2.24) is 18.7 Å². The molecule has 0 aliphatic carbocycles. The van der Waals surface area contributed by atoms with Crippen molar-refractivity contribution < 1.29 is 4.79 Å². The van der Waals surface area contributed by atoms with Gasteiger partial charge in [-0.25, -0.2) is 14.3 Å². The van der Waals surface area contributed by atoms with Gasteiger partial charge in [0.25, 0.3) is 5.56 Å². The maximum absolute atomic E-state index is 13.4. The van der Waals surface area contributed by atoms with E-state index < -0.39 is 11.2 Å². The lowest BCUT2D eigenvalue weighted by atomic mass is 10.1. The summed E-state index contributed by atoms with van der Waals surface area (Å²) < 4.78 is 3.95. The molecule has 0 spiro atoms. The maximum atomic E-state index is 13.4. The third kappa shape index (κ3) is 4.30. The minimum atomic E-state index is -0.532. The van der Waals surface area contributed by atoms with Crippen molar-refractivity contribution in [2.24, 2.45) is 5.92 Å². The molecular weight excluding hydrogens is 454 g/mol. The number of nitrogens with zero attached hydrogens (tertiary/aromatic N) is 5. The van der Waals surface area contributed by atoms with Gasteiger partial charge >= 0.3 is 5.69 Å². The van der Waals surface area contributed by atoms with Crippen LogP contribution < -0.4 is 11.2 Å². The topological polar surface area (TPSA) is 103 Å². The van der Waals surface area contributed by atoms with E-state index in [1.165, 1.54) is 20.0 Å². The lowest BCUT2D eigenvalue weighted by Gasteiger charge is -2.14. The highest BCUT2D eigenvalue weighted by atomic mass is 35.5. The van der Waals surface area contributed by atoms with Gasteiger partial charge in [0.1, 0.15) is 0 Å². The number of para-hydroxylation sites is 1. The Balaban J connectivity index is 1.89. The summed E-state index contributed by atoms with van der Waals surface area (Å²) in [5.41, 5.74) is 0.494. The number of hydrogen-bond donors (Lipinski definition) is 0. The number of nitriles is 1. The molecule has 0 radical (unpaired) electrons. The van der Waals surface area contributed by atoms with Gasteiger partial charge in [-0.1, -0.05) is 49.7 Å². The molecule has 2 heterocycles. The van der Waals surface area contributed by atoms with E-state index in [1.807, 2.05) is 19.9 Å². The van der Waals surface area contributed by atoms with E-state index in [9.17, 15) is 14.4 Å². The molecule has 8 nitrogen and oxygen atoms in total. The molecule has 2 aromatic carbocycles. The quantitative estimate of drug-likeness (QED) is 0.378. The fourth-order valence-electron chi connectivity index (χ4n) is 3.71. The van der Waals surface area contributed by atoms with E-state index in [-0.39, 0.29) is 36.0 Å². The average molecular weight is 476 g/mol. The molecule has 0 bridgehead atoms. The highest BCUT2D eigenvalue weighted by molar-refractivity contribution is 6.32. The van der Waals surface area contributed by atoms with Crippen molar-refractivity contribution in [2.75, 3.05) is 0 Å². The number of rotatable bonds is 7. The minimum absolute atomic E-state index is 0.136. The molecule has 0 fully saturated rings. The van der Waals surface area contributed by atoms with Crippen LogP contribution in [-0.4, -0.2) is 24.5 Å². The summed E-state index contributed by atoms with van der Waals surface area (Å²) in [7, 11) is 0. The Hall–Kier alpha value is -3.96. The second-order valence-corrected chi connectivity index (χ2v) is 8.77. The number of Topliss-reactive ketones (excluding diaryl/α,β-unsaturated/α-hetero) is 1. The lowest BCUT2D eigenvalue weighted by molar-refractivity contribution is 0.0973. The van der Waals surface area contributed by atoms with Crippen LogP contribution in [0, 0.1) is 17.2 Å². The molecule has 4 rings (SSSR count). The molecule has 4 aromatic rings. The Bertz CT molecular complexity index is 1540. The smallest absolute Gasteiger partial charge is 0.317 e. The SMILES string of the molecule is CC(C)CCn1c(=O)c2c(ncn2CC(=O)c2ccc(C#N)cc2)n(-c2ccccc2Cl)c1=O. The number of fused-ring (bicyclic) bond motifs is 1. The predicted octanol–water partition coefficient (Wildman–Crippen LogP) is 3.80. The molecule has 0 saturated heterocycles. The molecule has 0 saturated carbocycles. The van der Waals surface area contributed by atoms with Gasteiger partial charge in [-0.2, -0.15) is 5.26 Å². The van der Waals surface area contributed by atoms with E-state index in [0.717, 1.165) is 0 Å². The fourth-order valence-corrected chi connectivity index (χ4v) is 3.93. The normalized spacial score (nSPS) is 11.1. The molecule has 0 unspecified atom stereocenters. The summed E-state index contributed by atoms with van der Waals surface area (Å²) in [6, 6.07) is 15.1. The molecule has 0 aliphatic rings. The average Bonchev–Trinajstić information content (AvgIpc) is 3.23. The van der Waals surface area contributed by atoms with Gasteiger partial charge in [0.2, 0.25) is 0 Å². The van der Waals surface area contributed by atoms with E-state index in [4.69, 9.17) is 16.9 Å². The van der Waals surface area contributed by atoms with Gasteiger partial charge in [-0.15, -0.1) is 0 Å². The second kappa shape index (κ2) is 9.49. The third-order valence-electron chi connectivity index (χ3n) is 5.57. The van der Waals surface area contributed by atoms with Crippen LogP contribution in [0.1, 0.15) is 36.2 Å². The van der Waals surface area contributed by atoms with Crippen molar-refractivity contribution in [3.05, 3.63) is 91.8 Å². The molecule has 172 valence electrons. The van der Waals surface area contributed by atoms with E-state index in [1.54, 1.807) is 48.5 Å². The summed E-state index contributed by atoms with van der Waals surface area (Å²) in [6.07, 6.45) is 2.01. The van der Waals surface area contributed by atoms with Crippen molar-refractivity contribution >= 4 is 28.5 Å². The molecular formula is C25H22ClN5O3. The summed E-state index contributed by atoms with van der Waals surface area (Å²) >= 11 is 6.39. The summed E-state index contributed by atoms with van der Waals surface area (Å²) in [5, 5.41) is 9.30. The Morgan fingerprint density at radius 1 is 1.12 bits per heavy atom. The number of hydrogen-bond acceptors (Lipinski definition) is 5. The van der Waals surface area contributed by atoms with Gasteiger partial charge in [-0.05, 0) is 36.6 Å².